The van der Waals surface area contributed by atoms with Gasteiger partial charge in [0, 0.05) is 19.0 Å². The van der Waals surface area contributed by atoms with Crippen LogP contribution in [0.3, 0.4) is 0 Å². The van der Waals surface area contributed by atoms with Crippen molar-refractivity contribution >= 4 is 16.9 Å². The zero-order valence-corrected chi connectivity index (χ0v) is 12.5. The number of rotatable bonds is 8. The lowest BCUT2D eigenvalue weighted by atomic mass is 10.1. The van der Waals surface area contributed by atoms with E-state index in [4.69, 9.17) is 13.9 Å². The van der Waals surface area contributed by atoms with Gasteiger partial charge < -0.3 is 19.2 Å². The topological polar surface area (TPSA) is 60.7 Å². The van der Waals surface area contributed by atoms with Crippen LogP contribution in [0.25, 0.3) is 11.0 Å². The first-order chi connectivity index (χ1) is 10.3. The van der Waals surface area contributed by atoms with Crippen LogP contribution in [0, 0.1) is 0 Å². The summed E-state index contributed by atoms with van der Waals surface area (Å²) in [5.74, 6) is -0.117. The molecule has 1 N–H and O–H groups in total. The Morgan fingerprint density at radius 2 is 2.24 bits per heavy atom. The molecule has 5 heteroatoms. The summed E-state index contributed by atoms with van der Waals surface area (Å²) in [6, 6.07) is 5.93. The number of benzene rings is 1. The van der Waals surface area contributed by atoms with E-state index in [1.54, 1.807) is 7.11 Å². The minimum Gasteiger partial charge on any atom is -0.463 e. The Kier molecular flexibility index (Phi) is 5.78. The molecule has 2 aromatic rings. The molecule has 5 nitrogen and oxygen atoms in total. The predicted molar refractivity (Wildman–Crippen MR) is 80.4 cm³/mol. The third-order valence-corrected chi connectivity index (χ3v) is 3.24. The number of furan rings is 1. The Hall–Kier alpha value is -1.85. The smallest absolute Gasteiger partial charge is 0.255 e. The van der Waals surface area contributed by atoms with Crippen molar-refractivity contribution in [2.45, 2.75) is 19.8 Å². The van der Waals surface area contributed by atoms with E-state index in [0.29, 0.717) is 18.7 Å². The molecule has 1 heterocycles. The molecule has 1 aromatic heterocycles. The third kappa shape index (κ3) is 4.06. The molecule has 0 saturated heterocycles. The number of aryl methyl sites for hydroxylation is 1. The van der Waals surface area contributed by atoms with E-state index in [2.05, 4.69) is 12.2 Å². The van der Waals surface area contributed by atoms with E-state index in [9.17, 15) is 4.79 Å². The minimum atomic E-state index is -0.117. The van der Waals surface area contributed by atoms with Crippen molar-refractivity contribution in [1.82, 2.24) is 5.32 Å². The Morgan fingerprint density at radius 3 is 3.00 bits per heavy atom. The molecule has 0 atom stereocenters. The molecule has 0 bridgehead atoms. The number of amides is 1. The first kappa shape index (κ1) is 15.5. The van der Waals surface area contributed by atoms with Gasteiger partial charge >= 0.3 is 0 Å². The standard InChI is InChI=1S/C16H21NO4/c1-3-12-5-6-15-13(9-12)14(10-21-15)16(18)17-7-4-8-20-11-19-2/h5-6,9-10H,3-4,7-8,11H2,1-2H3,(H,17,18). The SMILES string of the molecule is CCc1ccc2occ(C(=O)NCCCOCOC)c2c1. The van der Waals surface area contributed by atoms with E-state index in [0.717, 1.165) is 23.8 Å². The van der Waals surface area contributed by atoms with Crippen molar-refractivity contribution in [2.75, 3.05) is 27.1 Å². The number of ether oxygens (including phenoxy) is 2. The van der Waals surface area contributed by atoms with Gasteiger partial charge in [-0.05, 0) is 30.5 Å². The maximum atomic E-state index is 12.2. The van der Waals surface area contributed by atoms with E-state index in [1.165, 1.54) is 11.8 Å². The quantitative estimate of drug-likeness (QED) is 0.600. The molecule has 0 aliphatic carbocycles. The molecule has 0 unspecified atom stereocenters. The van der Waals surface area contributed by atoms with Crippen LogP contribution in [-0.2, 0) is 15.9 Å². The maximum Gasteiger partial charge on any atom is 0.255 e. The Morgan fingerprint density at radius 1 is 1.38 bits per heavy atom. The van der Waals surface area contributed by atoms with Crippen molar-refractivity contribution < 1.29 is 18.7 Å². The number of hydrogen-bond donors (Lipinski definition) is 1. The highest BCUT2D eigenvalue weighted by atomic mass is 16.7. The van der Waals surface area contributed by atoms with Crippen LogP contribution in [0.1, 0.15) is 29.3 Å². The first-order valence-electron chi connectivity index (χ1n) is 7.11. The van der Waals surface area contributed by atoms with Crippen LogP contribution in [0.2, 0.25) is 0 Å². The molecule has 1 amide bonds. The van der Waals surface area contributed by atoms with Crippen molar-refractivity contribution in [3.05, 3.63) is 35.6 Å². The summed E-state index contributed by atoms with van der Waals surface area (Å²) >= 11 is 0. The van der Waals surface area contributed by atoms with Crippen molar-refractivity contribution in [2.24, 2.45) is 0 Å². The van der Waals surface area contributed by atoms with Crippen molar-refractivity contribution in [3.8, 4) is 0 Å². The van der Waals surface area contributed by atoms with Crippen LogP contribution in [0.4, 0.5) is 0 Å². The van der Waals surface area contributed by atoms with Crippen LogP contribution in [0.5, 0.6) is 0 Å². The van der Waals surface area contributed by atoms with Crippen LogP contribution in [-0.4, -0.2) is 33.0 Å². The van der Waals surface area contributed by atoms with Gasteiger partial charge in [-0.1, -0.05) is 13.0 Å². The summed E-state index contributed by atoms with van der Waals surface area (Å²) < 4.78 is 15.4. The van der Waals surface area contributed by atoms with Crippen LogP contribution < -0.4 is 5.32 Å². The summed E-state index contributed by atoms with van der Waals surface area (Å²) in [6.45, 7) is 3.48. The molecule has 0 saturated carbocycles. The molecule has 21 heavy (non-hydrogen) atoms. The highest BCUT2D eigenvalue weighted by Gasteiger charge is 2.13. The number of nitrogens with one attached hydrogen (secondary N) is 1. The molecular formula is C16H21NO4. The molecule has 1 aromatic carbocycles. The lowest BCUT2D eigenvalue weighted by Crippen LogP contribution is -2.25. The average molecular weight is 291 g/mol. The van der Waals surface area contributed by atoms with E-state index in [1.807, 2.05) is 18.2 Å². The fraction of sp³-hybridized carbons (Fsp3) is 0.438. The third-order valence-electron chi connectivity index (χ3n) is 3.24. The normalized spacial score (nSPS) is 11.0. The Balaban J connectivity index is 1.93. The van der Waals surface area contributed by atoms with Gasteiger partial charge in [0.05, 0.1) is 12.2 Å². The molecule has 2 rings (SSSR count). The van der Waals surface area contributed by atoms with Gasteiger partial charge in [-0.15, -0.1) is 0 Å². The summed E-state index contributed by atoms with van der Waals surface area (Å²) in [7, 11) is 1.58. The average Bonchev–Trinajstić information content (AvgIpc) is 2.93. The predicted octanol–water partition coefficient (Wildman–Crippen LogP) is 2.74. The molecule has 114 valence electrons. The number of carbonyl (C=O) groups excluding carboxylic acids is 1. The summed E-state index contributed by atoms with van der Waals surface area (Å²) in [5, 5.41) is 3.74. The van der Waals surface area contributed by atoms with Gasteiger partial charge in [0.25, 0.3) is 5.91 Å². The molecule has 0 aliphatic heterocycles. The first-order valence-corrected chi connectivity index (χ1v) is 7.11. The molecule has 0 spiro atoms. The zero-order chi connectivity index (χ0) is 15.1. The van der Waals surface area contributed by atoms with Crippen molar-refractivity contribution in [3.63, 3.8) is 0 Å². The number of hydrogen-bond acceptors (Lipinski definition) is 4. The Bertz CT molecular complexity index is 591. The fourth-order valence-corrected chi connectivity index (χ4v) is 2.09. The zero-order valence-electron chi connectivity index (χ0n) is 12.5. The molecule has 0 radical (unpaired) electrons. The highest BCUT2D eigenvalue weighted by molar-refractivity contribution is 6.06. The summed E-state index contributed by atoms with van der Waals surface area (Å²) in [4.78, 5) is 12.2. The second-order valence-corrected chi connectivity index (χ2v) is 4.76. The van der Waals surface area contributed by atoms with E-state index >= 15 is 0 Å². The number of methoxy groups -OCH3 is 1. The highest BCUT2D eigenvalue weighted by Crippen LogP contribution is 2.22. The Labute approximate surface area is 124 Å². The molecule has 0 fully saturated rings. The van der Waals surface area contributed by atoms with Gasteiger partial charge in [-0.25, -0.2) is 0 Å². The molecular weight excluding hydrogens is 270 g/mol. The maximum absolute atomic E-state index is 12.2. The minimum absolute atomic E-state index is 0.117. The lowest BCUT2D eigenvalue weighted by Gasteiger charge is -2.05. The number of fused-ring (bicyclic) bond motifs is 1. The summed E-state index contributed by atoms with van der Waals surface area (Å²) in [6.07, 6.45) is 3.19. The summed E-state index contributed by atoms with van der Waals surface area (Å²) in [5.41, 5.74) is 2.50. The van der Waals surface area contributed by atoms with Gasteiger partial charge in [-0.2, -0.15) is 0 Å². The lowest BCUT2D eigenvalue weighted by molar-refractivity contribution is -0.0308. The van der Waals surface area contributed by atoms with E-state index < -0.39 is 0 Å². The van der Waals surface area contributed by atoms with Gasteiger partial charge in [0.2, 0.25) is 0 Å². The monoisotopic (exact) mass is 291 g/mol. The van der Waals surface area contributed by atoms with Crippen LogP contribution in [0.15, 0.2) is 28.9 Å². The largest absolute Gasteiger partial charge is 0.463 e. The van der Waals surface area contributed by atoms with Gasteiger partial charge in [0.1, 0.15) is 18.6 Å². The van der Waals surface area contributed by atoms with E-state index in [-0.39, 0.29) is 12.7 Å². The fourth-order valence-electron chi connectivity index (χ4n) is 2.09. The second-order valence-electron chi connectivity index (χ2n) is 4.76. The van der Waals surface area contributed by atoms with Gasteiger partial charge in [-0.3, -0.25) is 4.79 Å². The second kappa shape index (κ2) is 7.81. The van der Waals surface area contributed by atoms with Gasteiger partial charge in [0.15, 0.2) is 0 Å². The van der Waals surface area contributed by atoms with Crippen LogP contribution >= 0.6 is 0 Å². The number of carbonyl (C=O) groups is 1. The molecule has 0 aliphatic rings. The van der Waals surface area contributed by atoms with Crippen molar-refractivity contribution in [1.29, 1.82) is 0 Å².